The number of hydrogen-bond donors (Lipinski definition) is 3. The number of methoxy groups -OCH3 is 1. The van der Waals surface area contributed by atoms with Gasteiger partial charge in [0.15, 0.2) is 11.8 Å². The summed E-state index contributed by atoms with van der Waals surface area (Å²) in [5.41, 5.74) is 19.3. The molecule has 120 valence electrons. The number of benzene rings is 1. The monoisotopic (exact) mass is 313 g/mol. The summed E-state index contributed by atoms with van der Waals surface area (Å²) in [4.78, 5) is 13.1. The fourth-order valence-electron chi connectivity index (χ4n) is 2.66. The van der Waals surface area contributed by atoms with Crippen molar-refractivity contribution >= 4 is 33.7 Å². The van der Waals surface area contributed by atoms with Crippen molar-refractivity contribution in [2.24, 2.45) is 16.5 Å². The van der Waals surface area contributed by atoms with Crippen molar-refractivity contribution in [1.82, 2.24) is 14.5 Å². The first-order chi connectivity index (χ1) is 11.1. The first-order valence-electron chi connectivity index (χ1n) is 7.19. The van der Waals surface area contributed by atoms with Gasteiger partial charge in [-0.15, -0.1) is 0 Å². The molecule has 0 amide bonds. The largest absolute Gasteiger partial charge is 0.382 e. The summed E-state index contributed by atoms with van der Waals surface area (Å²) in [6.45, 7) is 1.38. The third kappa shape index (κ3) is 2.76. The normalized spacial score (nSPS) is 11.2. The standard InChI is InChI=1S/C15H19N7O/c1-23-8-11-21-12-13(22(11)7-6-19-15(17)18)9-4-2-3-5-10(9)20-14(12)16/h2-5H,6-8H2,1H3,(H2,16,20)(H4,17,18,19). The molecule has 0 fully saturated rings. The van der Waals surface area contributed by atoms with Gasteiger partial charge >= 0.3 is 0 Å². The third-order valence-corrected chi connectivity index (χ3v) is 3.58. The highest BCUT2D eigenvalue weighted by Crippen LogP contribution is 2.28. The molecule has 0 aliphatic rings. The maximum atomic E-state index is 6.08. The summed E-state index contributed by atoms with van der Waals surface area (Å²) in [5.74, 6) is 1.23. The predicted molar refractivity (Wildman–Crippen MR) is 90.8 cm³/mol. The second-order valence-electron chi connectivity index (χ2n) is 5.13. The topological polar surface area (TPSA) is 130 Å². The second kappa shape index (κ2) is 6.09. The van der Waals surface area contributed by atoms with Crippen LogP contribution in [-0.4, -0.2) is 34.1 Å². The van der Waals surface area contributed by atoms with E-state index in [4.69, 9.17) is 21.9 Å². The lowest BCUT2D eigenvalue weighted by Crippen LogP contribution is -2.23. The molecule has 0 aliphatic heterocycles. The van der Waals surface area contributed by atoms with Crippen LogP contribution in [0.3, 0.4) is 0 Å². The van der Waals surface area contributed by atoms with Gasteiger partial charge in [-0.05, 0) is 6.07 Å². The van der Waals surface area contributed by atoms with E-state index in [9.17, 15) is 0 Å². The maximum absolute atomic E-state index is 6.08. The van der Waals surface area contributed by atoms with Gasteiger partial charge in [0.1, 0.15) is 17.9 Å². The molecule has 3 aromatic rings. The van der Waals surface area contributed by atoms with E-state index in [1.807, 2.05) is 28.8 Å². The molecular formula is C15H19N7O. The van der Waals surface area contributed by atoms with Gasteiger partial charge in [0.2, 0.25) is 0 Å². The number of para-hydroxylation sites is 1. The van der Waals surface area contributed by atoms with E-state index in [1.54, 1.807) is 7.11 Å². The molecule has 0 saturated heterocycles. The minimum atomic E-state index is 0.0637. The molecule has 0 unspecified atom stereocenters. The molecule has 23 heavy (non-hydrogen) atoms. The number of hydrogen-bond acceptors (Lipinski definition) is 5. The van der Waals surface area contributed by atoms with Gasteiger partial charge < -0.3 is 26.5 Å². The highest BCUT2D eigenvalue weighted by molar-refractivity contribution is 6.06. The molecule has 0 aliphatic carbocycles. The average molecular weight is 313 g/mol. The average Bonchev–Trinajstić information content (AvgIpc) is 2.87. The number of pyridine rings is 1. The summed E-state index contributed by atoms with van der Waals surface area (Å²) >= 11 is 0. The van der Waals surface area contributed by atoms with Gasteiger partial charge in [-0.3, -0.25) is 4.99 Å². The Hall–Kier alpha value is -2.87. The Labute approximate surface area is 133 Å². The number of imidazole rings is 1. The van der Waals surface area contributed by atoms with Crippen LogP contribution < -0.4 is 17.2 Å². The van der Waals surface area contributed by atoms with Crippen LogP contribution in [0.2, 0.25) is 0 Å². The first-order valence-corrected chi connectivity index (χ1v) is 7.19. The van der Waals surface area contributed by atoms with Crippen molar-refractivity contribution in [2.45, 2.75) is 13.2 Å². The summed E-state index contributed by atoms with van der Waals surface area (Å²) in [6, 6.07) is 7.81. The summed E-state index contributed by atoms with van der Waals surface area (Å²) < 4.78 is 7.28. The van der Waals surface area contributed by atoms with Crippen LogP contribution in [-0.2, 0) is 17.9 Å². The number of guanidine groups is 1. The minimum Gasteiger partial charge on any atom is -0.382 e. The Balaban J connectivity index is 2.24. The molecule has 0 bridgehead atoms. The molecule has 0 saturated carbocycles. The Morgan fingerprint density at radius 2 is 2.04 bits per heavy atom. The van der Waals surface area contributed by atoms with E-state index in [2.05, 4.69) is 15.0 Å². The van der Waals surface area contributed by atoms with Gasteiger partial charge in [0.25, 0.3) is 0 Å². The number of rotatable bonds is 5. The number of aliphatic imine (C=N–C) groups is 1. The van der Waals surface area contributed by atoms with Crippen molar-refractivity contribution in [3.63, 3.8) is 0 Å². The van der Waals surface area contributed by atoms with E-state index in [0.29, 0.717) is 31.0 Å². The smallest absolute Gasteiger partial charge is 0.185 e. The fraction of sp³-hybridized carbons (Fsp3) is 0.267. The van der Waals surface area contributed by atoms with Gasteiger partial charge in [-0.1, -0.05) is 18.2 Å². The molecule has 1 aromatic carbocycles. The number of nitrogen functional groups attached to an aromatic ring is 1. The molecule has 8 heteroatoms. The number of ether oxygens (including phenoxy) is 1. The summed E-state index contributed by atoms with van der Waals surface area (Å²) in [6.07, 6.45) is 0. The van der Waals surface area contributed by atoms with Crippen molar-refractivity contribution in [2.75, 3.05) is 19.4 Å². The minimum absolute atomic E-state index is 0.0637. The van der Waals surface area contributed by atoms with E-state index >= 15 is 0 Å². The van der Waals surface area contributed by atoms with Crippen LogP contribution in [0, 0.1) is 0 Å². The third-order valence-electron chi connectivity index (χ3n) is 3.58. The van der Waals surface area contributed by atoms with Gasteiger partial charge in [0.05, 0.1) is 17.6 Å². The molecule has 2 heterocycles. The van der Waals surface area contributed by atoms with Crippen LogP contribution in [0.4, 0.5) is 5.82 Å². The molecule has 0 atom stereocenters. The Morgan fingerprint density at radius 1 is 1.26 bits per heavy atom. The van der Waals surface area contributed by atoms with E-state index < -0.39 is 0 Å². The molecule has 8 nitrogen and oxygen atoms in total. The maximum Gasteiger partial charge on any atom is 0.185 e. The zero-order valence-corrected chi connectivity index (χ0v) is 12.9. The fourth-order valence-corrected chi connectivity index (χ4v) is 2.66. The number of nitrogens with two attached hydrogens (primary N) is 3. The zero-order chi connectivity index (χ0) is 16.4. The van der Waals surface area contributed by atoms with Crippen LogP contribution in [0.5, 0.6) is 0 Å². The number of aromatic nitrogens is 3. The SMILES string of the molecule is COCc1nc2c(N)nc3ccccc3c2n1CCN=C(N)N. The van der Waals surface area contributed by atoms with Crippen molar-refractivity contribution in [1.29, 1.82) is 0 Å². The van der Waals surface area contributed by atoms with Gasteiger partial charge in [-0.25, -0.2) is 9.97 Å². The number of nitrogens with zero attached hydrogens (tertiary/aromatic N) is 4. The second-order valence-corrected chi connectivity index (χ2v) is 5.13. The van der Waals surface area contributed by atoms with E-state index in [0.717, 1.165) is 22.2 Å². The molecule has 3 rings (SSSR count). The van der Waals surface area contributed by atoms with Gasteiger partial charge in [-0.2, -0.15) is 0 Å². The van der Waals surface area contributed by atoms with Crippen LogP contribution in [0.1, 0.15) is 5.82 Å². The highest BCUT2D eigenvalue weighted by Gasteiger charge is 2.16. The van der Waals surface area contributed by atoms with Crippen molar-refractivity contribution < 1.29 is 4.74 Å². The van der Waals surface area contributed by atoms with Gasteiger partial charge in [0, 0.05) is 19.0 Å². The summed E-state index contributed by atoms with van der Waals surface area (Å²) in [7, 11) is 1.62. The molecule has 0 radical (unpaired) electrons. The van der Waals surface area contributed by atoms with E-state index in [1.165, 1.54) is 0 Å². The zero-order valence-electron chi connectivity index (χ0n) is 12.9. The van der Waals surface area contributed by atoms with E-state index in [-0.39, 0.29) is 5.96 Å². The molecule has 2 aromatic heterocycles. The Bertz CT molecular complexity index is 880. The lowest BCUT2D eigenvalue weighted by Gasteiger charge is -2.09. The van der Waals surface area contributed by atoms with Crippen molar-refractivity contribution in [3.05, 3.63) is 30.1 Å². The van der Waals surface area contributed by atoms with Crippen molar-refractivity contribution in [3.8, 4) is 0 Å². The van der Waals surface area contributed by atoms with Crippen LogP contribution in [0.15, 0.2) is 29.3 Å². The lowest BCUT2D eigenvalue weighted by atomic mass is 10.2. The Morgan fingerprint density at radius 3 is 2.78 bits per heavy atom. The number of anilines is 1. The highest BCUT2D eigenvalue weighted by atomic mass is 16.5. The molecule has 0 spiro atoms. The molecule has 6 N–H and O–H groups in total. The lowest BCUT2D eigenvalue weighted by molar-refractivity contribution is 0.175. The van der Waals surface area contributed by atoms with Crippen LogP contribution >= 0.6 is 0 Å². The predicted octanol–water partition coefficient (Wildman–Crippen LogP) is 0.587. The summed E-state index contributed by atoms with van der Waals surface area (Å²) in [5, 5.41) is 0.983. The van der Waals surface area contributed by atoms with Crippen LogP contribution in [0.25, 0.3) is 21.9 Å². The Kier molecular flexibility index (Phi) is 3.98. The molecular weight excluding hydrogens is 294 g/mol. The number of fused-ring (bicyclic) bond motifs is 3. The quantitative estimate of drug-likeness (QED) is 0.466. The first kappa shape index (κ1) is 15.0.